The van der Waals surface area contributed by atoms with Gasteiger partial charge in [0, 0.05) is 12.3 Å². The lowest BCUT2D eigenvalue weighted by atomic mass is 10.1. The van der Waals surface area contributed by atoms with Crippen molar-refractivity contribution < 1.29 is 42.5 Å². The number of hydrogen-bond acceptors (Lipinski definition) is 9. The molecule has 0 bridgehead atoms. The van der Waals surface area contributed by atoms with Crippen LogP contribution in [0.4, 0.5) is 4.39 Å². The molecule has 3 aromatic carbocycles. The van der Waals surface area contributed by atoms with Gasteiger partial charge in [-0.1, -0.05) is 54.6 Å². The second-order valence-electron chi connectivity index (χ2n) is 9.44. The first kappa shape index (κ1) is 29.2. The number of rotatable bonds is 9. The summed E-state index contributed by atoms with van der Waals surface area (Å²) < 4.78 is 43.7. The Balaban J connectivity index is 1.52. The van der Waals surface area contributed by atoms with Crippen LogP contribution in [0.1, 0.15) is 37.3 Å². The molecule has 0 N–H and O–H groups in total. The summed E-state index contributed by atoms with van der Waals surface area (Å²) in [6, 6.07) is 25.1. The van der Waals surface area contributed by atoms with E-state index in [9.17, 15) is 23.6 Å². The van der Waals surface area contributed by atoms with Crippen molar-refractivity contribution in [3.63, 3.8) is 0 Å². The Labute approximate surface area is 245 Å². The van der Waals surface area contributed by atoms with Crippen LogP contribution in [0.2, 0.25) is 0 Å². The van der Waals surface area contributed by atoms with Gasteiger partial charge in [-0.2, -0.15) is 0 Å². The van der Waals surface area contributed by atoms with E-state index in [0.29, 0.717) is 0 Å². The number of carbonyl (C=O) groups excluding carboxylic acids is 3. The van der Waals surface area contributed by atoms with Crippen molar-refractivity contribution in [2.75, 3.05) is 13.7 Å². The highest BCUT2D eigenvalue weighted by Gasteiger charge is 2.51. The standard InChI is InChI=1S/C32H26FNO9/c1-39-24-17-26(35)34(18-23(24)33)29-28(43-32(38)22-15-9-4-10-16-22)27(42-31(37)21-13-7-3-8-14-21)25(41-29)19-40-30(36)20-11-5-2-6-12-20/h2-18,25,27-29H,19H2,1H3/t25-,27-,28-,29-/m1/s1. The molecule has 1 aromatic heterocycles. The summed E-state index contributed by atoms with van der Waals surface area (Å²) in [5.41, 5.74) is -0.136. The first-order chi connectivity index (χ1) is 20.9. The van der Waals surface area contributed by atoms with E-state index in [0.717, 1.165) is 16.8 Å². The van der Waals surface area contributed by atoms with Gasteiger partial charge < -0.3 is 23.7 Å². The second-order valence-corrected chi connectivity index (χ2v) is 9.44. The van der Waals surface area contributed by atoms with Gasteiger partial charge >= 0.3 is 17.9 Å². The largest absolute Gasteiger partial charge is 0.493 e. The number of esters is 3. The zero-order valence-electron chi connectivity index (χ0n) is 22.8. The molecule has 43 heavy (non-hydrogen) atoms. The third kappa shape index (κ3) is 6.62. The topological polar surface area (TPSA) is 119 Å². The molecule has 1 saturated heterocycles. The fourth-order valence-corrected chi connectivity index (χ4v) is 4.54. The lowest BCUT2D eigenvalue weighted by Crippen LogP contribution is -2.42. The van der Waals surface area contributed by atoms with Crippen LogP contribution in [-0.4, -0.2) is 54.5 Å². The molecule has 0 saturated carbocycles. The van der Waals surface area contributed by atoms with E-state index in [4.69, 9.17) is 23.7 Å². The Hall–Kier alpha value is -5.29. The molecule has 4 atom stereocenters. The first-order valence-electron chi connectivity index (χ1n) is 13.2. The minimum absolute atomic E-state index is 0.168. The number of pyridine rings is 1. The maximum atomic E-state index is 14.8. The molecule has 0 aliphatic carbocycles. The monoisotopic (exact) mass is 587 g/mol. The Kier molecular flexibility index (Phi) is 8.92. The van der Waals surface area contributed by atoms with Crippen LogP contribution in [0.15, 0.2) is 108 Å². The molecular weight excluding hydrogens is 561 g/mol. The molecule has 0 radical (unpaired) electrons. The molecule has 220 valence electrons. The van der Waals surface area contributed by atoms with Gasteiger partial charge in [0.2, 0.25) is 0 Å². The van der Waals surface area contributed by atoms with Gasteiger partial charge in [0.15, 0.2) is 30.0 Å². The number of carbonyl (C=O) groups is 3. The van der Waals surface area contributed by atoms with Crippen LogP contribution in [0.3, 0.4) is 0 Å². The molecule has 11 heteroatoms. The fourth-order valence-electron chi connectivity index (χ4n) is 4.54. The normalized spacial score (nSPS) is 19.3. The summed E-state index contributed by atoms with van der Waals surface area (Å²) in [5, 5.41) is 0. The minimum atomic E-state index is -1.48. The third-order valence-electron chi connectivity index (χ3n) is 6.67. The maximum Gasteiger partial charge on any atom is 0.338 e. The van der Waals surface area contributed by atoms with Gasteiger partial charge in [0.05, 0.1) is 23.8 Å². The van der Waals surface area contributed by atoms with Crippen LogP contribution >= 0.6 is 0 Å². The molecular formula is C32H26FNO9. The van der Waals surface area contributed by atoms with Crippen LogP contribution in [-0.2, 0) is 18.9 Å². The van der Waals surface area contributed by atoms with Crippen LogP contribution < -0.4 is 10.3 Å². The van der Waals surface area contributed by atoms with Crippen molar-refractivity contribution in [2.24, 2.45) is 0 Å². The van der Waals surface area contributed by atoms with Crippen molar-refractivity contribution in [2.45, 2.75) is 24.5 Å². The molecule has 2 heterocycles. The van der Waals surface area contributed by atoms with Gasteiger partial charge in [-0.05, 0) is 36.4 Å². The van der Waals surface area contributed by atoms with Crippen LogP contribution in [0.25, 0.3) is 0 Å². The highest BCUT2D eigenvalue weighted by atomic mass is 19.1. The first-order valence-corrected chi connectivity index (χ1v) is 13.2. The summed E-state index contributed by atoms with van der Waals surface area (Å²) >= 11 is 0. The zero-order chi connectivity index (χ0) is 30.3. The molecule has 0 unspecified atom stereocenters. The SMILES string of the molecule is COc1cc(=O)n([C@@H]2O[C@H](COC(=O)c3ccccc3)[C@@H](OC(=O)c3ccccc3)[C@H]2OC(=O)c2ccccc2)cc1F. The van der Waals surface area contributed by atoms with Crippen LogP contribution in [0.5, 0.6) is 5.75 Å². The molecule has 1 aliphatic heterocycles. The van der Waals surface area contributed by atoms with E-state index in [1.165, 1.54) is 31.4 Å². The van der Waals surface area contributed by atoms with Crippen LogP contribution in [0, 0.1) is 5.82 Å². The summed E-state index contributed by atoms with van der Waals surface area (Å²) in [6.07, 6.45) is -4.72. The molecule has 10 nitrogen and oxygen atoms in total. The molecule has 0 spiro atoms. The lowest BCUT2D eigenvalue weighted by Gasteiger charge is -2.25. The number of ether oxygens (including phenoxy) is 5. The molecule has 5 rings (SSSR count). The smallest absolute Gasteiger partial charge is 0.338 e. The number of halogens is 1. The number of benzene rings is 3. The van der Waals surface area contributed by atoms with E-state index in [1.807, 2.05) is 0 Å². The predicted octanol–water partition coefficient (Wildman–Crippen LogP) is 4.20. The van der Waals surface area contributed by atoms with Crippen molar-refractivity contribution in [3.8, 4) is 5.75 Å². The molecule has 0 amide bonds. The number of methoxy groups -OCH3 is 1. The predicted molar refractivity (Wildman–Crippen MR) is 149 cm³/mol. The molecule has 4 aromatic rings. The number of aromatic nitrogens is 1. The van der Waals surface area contributed by atoms with E-state index in [2.05, 4.69) is 0 Å². The van der Waals surface area contributed by atoms with Crippen molar-refractivity contribution in [1.82, 2.24) is 4.57 Å². The fraction of sp³-hybridized carbons (Fsp3) is 0.188. The minimum Gasteiger partial charge on any atom is -0.493 e. The third-order valence-corrected chi connectivity index (χ3v) is 6.67. The average Bonchev–Trinajstić information content (AvgIpc) is 3.37. The Morgan fingerprint density at radius 3 is 1.77 bits per heavy atom. The van der Waals surface area contributed by atoms with Gasteiger partial charge in [0.1, 0.15) is 12.7 Å². The Morgan fingerprint density at radius 2 is 1.26 bits per heavy atom. The van der Waals surface area contributed by atoms with E-state index >= 15 is 0 Å². The number of hydrogen-bond donors (Lipinski definition) is 0. The van der Waals surface area contributed by atoms with Gasteiger partial charge in [-0.15, -0.1) is 0 Å². The van der Waals surface area contributed by atoms with E-state index in [1.54, 1.807) is 66.7 Å². The number of nitrogens with zero attached hydrogens (tertiary/aromatic N) is 1. The Morgan fingerprint density at radius 1 is 0.767 bits per heavy atom. The second kappa shape index (κ2) is 13.1. The highest BCUT2D eigenvalue weighted by molar-refractivity contribution is 5.91. The summed E-state index contributed by atoms with van der Waals surface area (Å²) in [4.78, 5) is 52.2. The van der Waals surface area contributed by atoms with Gasteiger partial charge in [-0.25, -0.2) is 18.8 Å². The zero-order valence-corrected chi connectivity index (χ0v) is 22.8. The average molecular weight is 588 g/mol. The maximum absolute atomic E-state index is 14.8. The quantitative estimate of drug-likeness (QED) is 0.210. The molecule has 1 aliphatic rings. The lowest BCUT2D eigenvalue weighted by molar-refractivity contribution is -0.0638. The van der Waals surface area contributed by atoms with E-state index < -0.39 is 60.4 Å². The van der Waals surface area contributed by atoms with Crippen molar-refractivity contribution >= 4 is 17.9 Å². The van der Waals surface area contributed by atoms with Gasteiger partial charge in [-0.3, -0.25) is 9.36 Å². The summed E-state index contributed by atoms with van der Waals surface area (Å²) in [6.45, 7) is -0.455. The van der Waals surface area contributed by atoms with Crippen molar-refractivity contribution in [3.05, 3.63) is 136 Å². The highest BCUT2D eigenvalue weighted by Crippen LogP contribution is 2.35. The summed E-state index contributed by atoms with van der Waals surface area (Å²) in [5.74, 6) is -3.49. The van der Waals surface area contributed by atoms with Crippen molar-refractivity contribution in [1.29, 1.82) is 0 Å². The Bertz CT molecular complexity index is 1640. The molecule has 1 fully saturated rings. The summed E-state index contributed by atoms with van der Waals surface area (Å²) in [7, 11) is 1.20. The van der Waals surface area contributed by atoms with E-state index in [-0.39, 0.29) is 22.4 Å². The van der Waals surface area contributed by atoms with Gasteiger partial charge in [0.25, 0.3) is 5.56 Å².